The summed E-state index contributed by atoms with van der Waals surface area (Å²) in [6, 6.07) is 6.46. The number of sulfonamides is 1. The van der Waals surface area contributed by atoms with E-state index in [0.29, 0.717) is 25.6 Å². The van der Waals surface area contributed by atoms with Gasteiger partial charge in [-0.2, -0.15) is 0 Å². The number of nitrogens with one attached hydrogen (secondary N) is 3. The first-order chi connectivity index (χ1) is 12.0. The monoisotopic (exact) mass is 390 g/mol. The van der Waals surface area contributed by atoms with Gasteiger partial charge >= 0.3 is 0 Å². The lowest BCUT2D eigenvalue weighted by Gasteiger charge is -2.11. The minimum Gasteiger partial charge on any atom is -0.357 e. The van der Waals surface area contributed by atoms with E-state index in [4.69, 9.17) is 0 Å². The fourth-order valence-corrected chi connectivity index (χ4v) is 3.26. The average Bonchev–Trinajstić information content (AvgIpc) is 2.60. The number of guanidine groups is 1. The SMILES string of the molecule is CCNC(=NCCCSc1ccc(F)cc1)NCCNS(=O)(=O)CC. The quantitative estimate of drug-likeness (QED) is 0.232. The molecule has 0 fully saturated rings. The number of thioether (sulfide) groups is 1. The second-order valence-electron chi connectivity index (χ2n) is 5.14. The van der Waals surface area contributed by atoms with Crippen LogP contribution in [0.4, 0.5) is 4.39 Å². The lowest BCUT2D eigenvalue weighted by molar-refractivity contribution is 0.582. The Kier molecular flexibility index (Phi) is 10.5. The zero-order valence-electron chi connectivity index (χ0n) is 14.7. The summed E-state index contributed by atoms with van der Waals surface area (Å²) in [6.07, 6.45) is 0.890. The molecule has 0 spiro atoms. The van der Waals surface area contributed by atoms with Crippen LogP contribution in [-0.2, 0) is 10.0 Å². The highest BCUT2D eigenvalue weighted by atomic mass is 32.2. The van der Waals surface area contributed by atoms with Crippen molar-refractivity contribution in [3.63, 3.8) is 0 Å². The highest BCUT2D eigenvalue weighted by Gasteiger charge is 2.04. The average molecular weight is 391 g/mol. The van der Waals surface area contributed by atoms with Crippen LogP contribution in [0.2, 0.25) is 0 Å². The van der Waals surface area contributed by atoms with Gasteiger partial charge in [-0.25, -0.2) is 17.5 Å². The van der Waals surface area contributed by atoms with Gasteiger partial charge < -0.3 is 10.6 Å². The summed E-state index contributed by atoms with van der Waals surface area (Å²) >= 11 is 1.67. The summed E-state index contributed by atoms with van der Waals surface area (Å²) in [7, 11) is -3.16. The van der Waals surface area contributed by atoms with E-state index in [9.17, 15) is 12.8 Å². The zero-order valence-corrected chi connectivity index (χ0v) is 16.4. The molecule has 0 aliphatic heterocycles. The Morgan fingerprint density at radius 2 is 1.88 bits per heavy atom. The van der Waals surface area contributed by atoms with Crippen molar-refractivity contribution >= 4 is 27.7 Å². The number of hydrogen-bond acceptors (Lipinski definition) is 4. The summed E-state index contributed by atoms with van der Waals surface area (Å²) in [5.74, 6) is 1.42. The molecule has 0 saturated carbocycles. The van der Waals surface area contributed by atoms with E-state index < -0.39 is 10.0 Å². The van der Waals surface area contributed by atoms with Gasteiger partial charge in [-0.15, -0.1) is 11.8 Å². The van der Waals surface area contributed by atoms with Crippen molar-refractivity contribution in [3.05, 3.63) is 30.1 Å². The predicted octanol–water partition coefficient (Wildman–Crippen LogP) is 1.80. The van der Waals surface area contributed by atoms with E-state index in [-0.39, 0.29) is 11.6 Å². The van der Waals surface area contributed by atoms with E-state index in [0.717, 1.165) is 23.6 Å². The van der Waals surface area contributed by atoms with Gasteiger partial charge in [-0.05, 0) is 50.3 Å². The Bertz CT molecular complexity index is 622. The molecule has 0 unspecified atom stereocenters. The Morgan fingerprint density at radius 1 is 1.16 bits per heavy atom. The largest absolute Gasteiger partial charge is 0.357 e. The molecule has 0 amide bonds. The van der Waals surface area contributed by atoms with Crippen LogP contribution in [0.15, 0.2) is 34.2 Å². The summed E-state index contributed by atoms with van der Waals surface area (Å²) in [6.45, 7) is 5.75. The van der Waals surface area contributed by atoms with Gasteiger partial charge in [0.1, 0.15) is 5.82 Å². The number of aliphatic imine (C=N–C) groups is 1. The van der Waals surface area contributed by atoms with Gasteiger partial charge in [-0.3, -0.25) is 4.99 Å². The Balaban J connectivity index is 2.26. The molecule has 1 aromatic rings. The second-order valence-corrected chi connectivity index (χ2v) is 8.40. The standard InChI is InChI=1S/C16H27FN4O2S2/c1-3-18-16(20-11-12-21-25(22,23)4-2)19-10-5-13-24-15-8-6-14(17)7-9-15/h6-9,21H,3-5,10-13H2,1-2H3,(H2,18,19,20). The Morgan fingerprint density at radius 3 is 2.52 bits per heavy atom. The fourth-order valence-electron chi connectivity index (χ4n) is 1.81. The topological polar surface area (TPSA) is 82.6 Å². The second kappa shape index (κ2) is 12.1. The van der Waals surface area contributed by atoms with Gasteiger partial charge in [0.25, 0.3) is 0 Å². The van der Waals surface area contributed by atoms with Crippen molar-refractivity contribution in [2.45, 2.75) is 25.2 Å². The number of hydrogen-bond donors (Lipinski definition) is 3. The van der Waals surface area contributed by atoms with Gasteiger partial charge in [0, 0.05) is 31.1 Å². The van der Waals surface area contributed by atoms with Crippen molar-refractivity contribution in [1.29, 1.82) is 0 Å². The molecule has 3 N–H and O–H groups in total. The smallest absolute Gasteiger partial charge is 0.211 e. The van der Waals surface area contributed by atoms with Crippen LogP contribution >= 0.6 is 11.8 Å². The Labute approximate surface area is 154 Å². The summed E-state index contributed by atoms with van der Waals surface area (Å²) in [5.41, 5.74) is 0. The highest BCUT2D eigenvalue weighted by molar-refractivity contribution is 7.99. The number of benzene rings is 1. The molecule has 0 bridgehead atoms. The molecule has 1 aromatic carbocycles. The molecule has 0 heterocycles. The van der Waals surface area contributed by atoms with Gasteiger partial charge in [0.05, 0.1) is 5.75 Å². The zero-order chi connectivity index (χ0) is 18.5. The molecule has 142 valence electrons. The molecule has 0 radical (unpaired) electrons. The van der Waals surface area contributed by atoms with E-state index >= 15 is 0 Å². The molecule has 0 aliphatic rings. The number of rotatable bonds is 11. The van der Waals surface area contributed by atoms with Crippen LogP contribution in [0.3, 0.4) is 0 Å². The third-order valence-electron chi connectivity index (χ3n) is 3.12. The van der Waals surface area contributed by atoms with Crippen LogP contribution in [0.5, 0.6) is 0 Å². The highest BCUT2D eigenvalue weighted by Crippen LogP contribution is 2.18. The van der Waals surface area contributed by atoms with Crippen molar-refractivity contribution in [2.24, 2.45) is 4.99 Å². The van der Waals surface area contributed by atoms with Gasteiger partial charge in [-0.1, -0.05) is 0 Å². The molecular weight excluding hydrogens is 363 g/mol. The summed E-state index contributed by atoms with van der Waals surface area (Å²) in [4.78, 5) is 5.50. The van der Waals surface area contributed by atoms with Crippen LogP contribution < -0.4 is 15.4 Å². The Hall–Kier alpha value is -1.32. The predicted molar refractivity (Wildman–Crippen MR) is 103 cm³/mol. The third-order valence-corrected chi connectivity index (χ3v) is 5.62. The van der Waals surface area contributed by atoms with E-state index in [1.807, 2.05) is 6.92 Å². The molecule has 0 aromatic heterocycles. The van der Waals surface area contributed by atoms with Gasteiger partial charge in [0.15, 0.2) is 5.96 Å². The number of nitrogens with zero attached hydrogens (tertiary/aromatic N) is 1. The number of halogens is 1. The molecule has 6 nitrogen and oxygen atoms in total. The maximum atomic E-state index is 12.8. The molecule has 0 saturated heterocycles. The first kappa shape index (κ1) is 21.7. The summed E-state index contributed by atoms with van der Waals surface area (Å²) in [5, 5.41) is 6.22. The van der Waals surface area contributed by atoms with Crippen LogP contribution in [0.1, 0.15) is 20.3 Å². The maximum absolute atomic E-state index is 12.8. The maximum Gasteiger partial charge on any atom is 0.211 e. The van der Waals surface area contributed by atoms with Gasteiger partial charge in [0.2, 0.25) is 10.0 Å². The van der Waals surface area contributed by atoms with E-state index in [1.165, 1.54) is 12.1 Å². The summed E-state index contributed by atoms with van der Waals surface area (Å²) < 4.78 is 38.0. The molecule has 0 atom stereocenters. The molecular formula is C16H27FN4O2S2. The molecule has 9 heteroatoms. The normalized spacial score (nSPS) is 12.2. The lowest BCUT2D eigenvalue weighted by atomic mass is 10.4. The van der Waals surface area contributed by atoms with Crippen molar-refractivity contribution < 1.29 is 12.8 Å². The van der Waals surface area contributed by atoms with Crippen LogP contribution in [0.25, 0.3) is 0 Å². The van der Waals surface area contributed by atoms with Crippen LogP contribution in [-0.4, -0.2) is 52.1 Å². The van der Waals surface area contributed by atoms with Crippen molar-refractivity contribution in [1.82, 2.24) is 15.4 Å². The lowest BCUT2D eigenvalue weighted by Crippen LogP contribution is -2.41. The van der Waals surface area contributed by atoms with Crippen molar-refractivity contribution in [2.75, 3.05) is 37.7 Å². The molecule has 0 aliphatic carbocycles. The molecule has 1 rings (SSSR count). The minimum absolute atomic E-state index is 0.0763. The molecule has 25 heavy (non-hydrogen) atoms. The minimum atomic E-state index is -3.16. The van der Waals surface area contributed by atoms with Crippen molar-refractivity contribution in [3.8, 4) is 0 Å². The fraction of sp³-hybridized carbons (Fsp3) is 0.562. The third kappa shape index (κ3) is 10.3. The van der Waals surface area contributed by atoms with E-state index in [1.54, 1.807) is 30.8 Å². The first-order valence-corrected chi connectivity index (χ1v) is 11.0. The van der Waals surface area contributed by atoms with Crippen LogP contribution in [0, 0.1) is 5.82 Å². The van der Waals surface area contributed by atoms with E-state index in [2.05, 4.69) is 20.3 Å². The first-order valence-electron chi connectivity index (χ1n) is 8.34.